The molecule has 1 aromatic rings. The molecule has 6 heteroatoms. The van der Waals surface area contributed by atoms with E-state index < -0.39 is 12.7 Å². The van der Waals surface area contributed by atoms with Gasteiger partial charge in [0.15, 0.2) is 5.78 Å². The molecule has 17 heavy (non-hydrogen) atoms. The highest BCUT2D eigenvalue weighted by atomic mass is 32.1. The van der Waals surface area contributed by atoms with Crippen LogP contribution in [0.4, 0.5) is 13.2 Å². The van der Waals surface area contributed by atoms with Gasteiger partial charge in [-0.2, -0.15) is 13.2 Å². The summed E-state index contributed by atoms with van der Waals surface area (Å²) in [4.78, 5) is 13.3. The average molecular weight is 265 g/mol. The van der Waals surface area contributed by atoms with Crippen LogP contribution in [0.25, 0.3) is 0 Å². The van der Waals surface area contributed by atoms with E-state index in [0.29, 0.717) is 4.88 Å². The number of alkyl halides is 3. The van der Waals surface area contributed by atoms with Crippen LogP contribution in [0.5, 0.6) is 0 Å². The zero-order chi connectivity index (χ0) is 13.1. The van der Waals surface area contributed by atoms with Gasteiger partial charge in [-0.3, -0.25) is 9.69 Å². The lowest BCUT2D eigenvalue weighted by Gasteiger charge is -2.26. The molecule has 0 amide bonds. The molecule has 0 aliphatic rings. The van der Waals surface area contributed by atoms with Crippen molar-refractivity contribution in [3.8, 4) is 0 Å². The summed E-state index contributed by atoms with van der Waals surface area (Å²) in [5, 5.41) is 1.73. The van der Waals surface area contributed by atoms with E-state index in [1.165, 1.54) is 11.3 Å². The van der Waals surface area contributed by atoms with Crippen molar-refractivity contribution < 1.29 is 18.0 Å². The van der Waals surface area contributed by atoms with Crippen LogP contribution in [0.3, 0.4) is 0 Å². The number of carbonyl (C=O) groups excluding carboxylic acids is 1. The van der Waals surface area contributed by atoms with Gasteiger partial charge in [-0.25, -0.2) is 0 Å². The minimum absolute atomic E-state index is 0.197. The Labute approximate surface area is 102 Å². The van der Waals surface area contributed by atoms with Gasteiger partial charge in [0.2, 0.25) is 0 Å². The normalized spacial score (nSPS) is 12.4. The van der Waals surface area contributed by atoms with Crippen LogP contribution < -0.4 is 0 Å². The van der Waals surface area contributed by atoms with Gasteiger partial charge in [0, 0.05) is 6.04 Å². The highest BCUT2D eigenvalue weighted by Gasteiger charge is 2.32. The Balaban J connectivity index is 2.65. The van der Waals surface area contributed by atoms with Gasteiger partial charge in [0.05, 0.1) is 18.0 Å². The van der Waals surface area contributed by atoms with Crippen molar-refractivity contribution in [3.63, 3.8) is 0 Å². The minimum Gasteiger partial charge on any atom is -0.292 e. The molecule has 0 N–H and O–H groups in total. The number of hydrogen-bond acceptors (Lipinski definition) is 3. The van der Waals surface area contributed by atoms with Crippen LogP contribution >= 0.6 is 11.3 Å². The summed E-state index contributed by atoms with van der Waals surface area (Å²) in [5.74, 6) is -0.266. The fourth-order valence-electron chi connectivity index (χ4n) is 1.35. The molecule has 0 bridgehead atoms. The van der Waals surface area contributed by atoms with Gasteiger partial charge in [0.25, 0.3) is 0 Å². The van der Waals surface area contributed by atoms with Gasteiger partial charge in [0.1, 0.15) is 0 Å². The molecule has 0 saturated heterocycles. The molecule has 0 saturated carbocycles. The lowest BCUT2D eigenvalue weighted by atomic mass is 10.2. The van der Waals surface area contributed by atoms with E-state index in [1.807, 2.05) is 0 Å². The molecule has 1 heterocycles. The molecule has 0 fully saturated rings. The van der Waals surface area contributed by atoms with E-state index in [0.717, 1.165) is 4.90 Å². The molecular weight excluding hydrogens is 251 g/mol. The molecule has 0 aliphatic heterocycles. The SMILES string of the molecule is CC(C)N(CC(=O)c1cccs1)CC(F)(F)F. The number of hydrogen-bond donors (Lipinski definition) is 0. The first-order valence-electron chi connectivity index (χ1n) is 5.17. The molecule has 0 unspecified atom stereocenters. The standard InChI is InChI=1S/C11H14F3NOS/c1-8(2)15(7-11(12,13)14)6-9(16)10-4-3-5-17-10/h3-5,8H,6-7H2,1-2H3. The van der Waals surface area contributed by atoms with Crippen molar-refractivity contribution in [1.29, 1.82) is 0 Å². The lowest BCUT2D eigenvalue weighted by Crippen LogP contribution is -2.42. The molecule has 0 aromatic carbocycles. The third kappa shape index (κ3) is 4.87. The largest absolute Gasteiger partial charge is 0.401 e. The minimum atomic E-state index is -4.28. The number of ketones is 1. The van der Waals surface area contributed by atoms with E-state index in [9.17, 15) is 18.0 Å². The van der Waals surface area contributed by atoms with Crippen molar-refractivity contribution in [1.82, 2.24) is 4.90 Å². The van der Waals surface area contributed by atoms with Gasteiger partial charge in [-0.05, 0) is 25.3 Å². The van der Waals surface area contributed by atoms with Crippen molar-refractivity contribution >= 4 is 17.1 Å². The molecule has 1 rings (SSSR count). The summed E-state index contributed by atoms with van der Waals surface area (Å²) in [6, 6.07) is 3.01. The number of nitrogens with zero attached hydrogens (tertiary/aromatic N) is 1. The fraction of sp³-hybridized carbons (Fsp3) is 0.545. The van der Waals surface area contributed by atoms with Crippen molar-refractivity contribution in [3.05, 3.63) is 22.4 Å². The van der Waals surface area contributed by atoms with E-state index in [-0.39, 0.29) is 18.4 Å². The molecule has 0 radical (unpaired) electrons. The van der Waals surface area contributed by atoms with Gasteiger partial charge >= 0.3 is 6.18 Å². The quantitative estimate of drug-likeness (QED) is 0.762. The number of rotatable bonds is 5. The second-order valence-electron chi connectivity index (χ2n) is 4.01. The lowest BCUT2D eigenvalue weighted by molar-refractivity contribution is -0.148. The smallest absolute Gasteiger partial charge is 0.292 e. The number of carbonyl (C=O) groups is 1. The Morgan fingerprint density at radius 2 is 2.12 bits per heavy atom. The zero-order valence-corrected chi connectivity index (χ0v) is 10.4. The molecule has 96 valence electrons. The Morgan fingerprint density at radius 1 is 1.47 bits per heavy atom. The van der Waals surface area contributed by atoms with Crippen molar-refractivity contribution in [2.45, 2.75) is 26.1 Å². The van der Waals surface area contributed by atoms with Crippen molar-refractivity contribution in [2.24, 2.45) is 0 Å². The van der Waals surface area contributed by atoms with Crippen LogP contribution in [-0.2, 0) is 0 Å². The molecule has 1 aromatic heterocycles. The van der Waals surface area contributed by atoms with Gasteiger partial charge in [-0.1, -0.05) is 6.07 Å². The fourth-order valence-corrected chi connectivity index (χ4v) is 2.01. The molecule has 0 aliphatic carbocycles. The van der Waals surface area contributed by atoms with Crippen LogP contribution in [0.1, 0.15) is 23.5 Å². The highest BCUT2D eigenvalue weighted by Crippen LogP contribution is 2.19. The number of Topliss-reactive ketones (excluding diaryl/α,β-unsaturated/α-hetero) is 1. The van der Waals surface area contributed by atoms with E-state index in [4.69, 9.17) is 0 Å². The maximum absolute atomic E-state index is 12.3. The first-order chi connectivity index (χ1) is 7.79. The van der Waals surface area contributed by atoms with Crippen molar-refractivity contribution in [2.75, 3.05) is 13.1 Å². The van der Waals surface area contributed by atoms with E-state index in [2.05, 4.69) is 0 Å². The van der Waals surface area contributed by atoms with Crippen LogP contribution in [0.15, 0.2) is 17.5 Å². The molecular formula is C11H14F3NOS. The molecule has 2 nitrogen and oxygen atoms in total. The summed E-state index contributed by atoms with van der Waals surface area (Å²) < 4.78 is 36.9. The predicted molar refractivity (Wildman–Crippen MR) is 61.4 cm³/mol. The first-order valence-corrected chi connectivity index (χ1v) is 6.05. The number of thiophene rings is 1. The van der Waals surface area contributed by atoms with E-state index >= 15 is 0 Å². The van der Waals surface area contributed by atoms with Crippen LogP contribution in [0, 0.1) is 0 Å². The maximum atomic E-state index is 12.3. The zero-order valence-electron chi connectivity index (χ0n) is 9.62. The predicted octanol–water partition coefficient (Wildman–Crippen LogP) is 3.20. The third-order valence-electron chi connectivity index (χ3n) is 2.26. The summed E-state index contributed by atoms with van der Waals surface area (Å²) in [7, 11) is 0. The Morgan fingerprint density at radius 3 is 2.53 bits per heavy atom. The summed E-state index contributed by atoms with van der Waals surface area (Å²) in [6.07, 6.45) is -4.28. The Hall–Kier alpha value is -0.880. The monoisotopic (exact) mass is 265 g/mol. The second kappa shape index (κ2) is 5.64. The average Bonchev–Trinajstić information content (AvgIpc) is 2.66. The Kier molecular flexibility index (Phi) is 4.70. The van der Waals surface area contributed by atoms with E-state index in [1.54, 1.807) is 31.4 Å². The summed E-state index contributed by atoms with van der Waals surface area (Å²) >= 11 is 1.25. The van der Waals surface area contributed by atoms with Gasteiger partial charge in [-0.15, -0.1) is 11.3 Å². The van der Waals surface area contributed by atoms with Crippen LogP contribution in [-0.4, -0.2) is 36.0 Å². The second-order valence-corrected chi connectivity index (χ2v) is 4.96. The third-order valence-corrected chi connectivity index (χ3v) is 3.17. The summed E-state index contributed by atoms with van der Waals surface area (Å²) in [5.41, 5.74) is 0. The maximum Gasteiger partial charge on any atom is 0.401 e. The Bertz CT molecular complexity index is 359. The molecule has 0 spiro atoms. The topological polar surface area (TPSA) is 20.3 Å². The molecule has 0 atom stereocenters. The first kappa shape index (κ1) is 14.2. The van der Waals surface area contributed by atoms with Gasteiger partial charge < -0.3 is 0 Å². The number of halogens is 3. The highest BCUT2D eigenvalue weighted by molar-refractivity contribution is 7.12. The van der Waals surface area contributed by atoms with Crippen LogP contribution in [0.2, 0.25) is 0 Å². The summed E-state index contributed by atoms with van der Waals surface area (Å²) in [6.45, 7) is 2.04.